The maximum Gasteiger partial charge on any atom is 0.144 e. The Labute approximate surface area is 97.3 Å². The van der Waals surface area contributed by atoms with Gasteiger partial charge in [0.25, 0.3) is 0 Å². The van der Waals surface area contributed by atoms with Gasteiger partial charge in [-0.25, -0.2) is 0 Å². The molecule has 15 heavy (non-hydrogen) atoms. The summed E-state index contributed by atoms with van der Waals surface area (Å²) in [6, 6.07) is 0. The lowest BCUT2D eigenvalue weighted by atomic mass is 9.99. The molecule has 0 radical (unpaired) electrons. The number of rotatable bonds is 7. The second-order valence-electron chi connectivity index (χ2n) is 4.31. The lowest BCUT2D eigenvalue weighted by molar-refractivity contribution is 0.472. The highest BCUT2D eigenvalue weighted by molar-refractivity contribution is 8.14. The van der Waals surface area contributed by atoms with E-state index in [2.05, 4.69) is 24.4 Å². The normalized spacial score (nSPS) is 22.3. The molecule has 3 N–H and O–H groups in total. The Hall–Kier alpha value is -0.220. The van der Waals surface area contributed by atoms with Gasteiger partial charge >= 0.3 is 0 Å². The van der Waals surface area contributed by atoms with Crippen LogP contribution in [0.4, 0.5) is 0 Å². The topological polar surface area (TPSA) is 50.4 Å². The van der Waals surface area contributed by atoms with Crippen LogP contribution in [-0.2, 0) is 0 Å². The number of hydrogen-bond acceptors (Lipinski definition) is 4. The maximum absolute atomic E-state index is 5.67. The Bertz CT molecular complexity index is 206. The Morgan fingerprint density at radius 2 is 2.27 bits per heavy atom. The Morgan fingerprint density at radius 1 is 1.47 bits per heavy atom. The van der Waals surface area contributed by atoms with E-state index in [1.54, 1.807) is 11.8 Å². The van der Waals surface area contributed by atoms with Gasteiger partial charge in [-0.05, 0) is 18.8 Å². The molecule has 4 heteroatoms. The molecule has 0 bridgehead atoms. The highest BCUT2D eigenvalue weighted by Crippen LogP contribution is 2.21. The smallest absolute Gasteiger partial charge is 0.144 e. The van der Waals surface area contributed by atoms with Gasteiger partial charge in [0.05, 0.1) is 5.04 Å². The molecule has 0 saturated heterocycles. The first-order valence-electron chi connectivity index (χ1n) is 5.96. The number of hydrogen-bond donors (Lipinski definition) is 2. The Kier molecular flexibility index (Phi) is 6.10. The molecule has 2 unspecified atom stereocenters. The van der Waals surface area contributed by atoms with E-state index in [4.69, 9.17) is 5.73 Å². The van der Waals surface area contributed by atoms with Crippen molar-refractivity contribution in [2.24, 2.45) is 16.8 Å². The van der Waals surface area contributed by atoms with E-state index in [9.17, 15) is 0 Å². The van der Waals surface area contributed by atoms with Crippen LogP contribution in [0, 0.1) is 5.92 Å². The summed E-state index contributed by atoms with van der Waals surface area (Å²) in [5.74, 6) is 0.816. The monoisotopic (exact) mass is 229 g/mol. The van der Waals surface area contributed by atoms with E-state index in [0.717, 1.165) is 12.3 Å². The largest absolute Gasteiger partial charge is 0.301 e. The van der Waals surface area contributed by atoms with Crippen molar-refractivity contribution in [1.29, 1.82) is 0 Å². The molecule has 88 valence electrons. The fourth-order valence-corrected chi connectivity index (χ4v) is 2.45. The van der Waals surface area contributed by atoms with Crippen molar-refractivity contribution in [3.63, 3.8) is 0 Å². The number of hydrazone groups is 1. The zero-order valence-electron chi connectivity index (χ0n) is 9.83. The van der Waals surface area contributed by atoms with Crippen LogP contribution in [0.2, 0.25) is 0 Å². The Morgan fingerprint density at radius 3 is 2.87 bits per heavy atom. The summed E-state index contributed by atoms with van der Waals surface area (Å²) in [7, 11) is 0. The van der Waals surface area contributed by atoms with Crippen LogP contribution in [0.5, 0.6) is 0 Å². The van der Waals surface area contributed by atoms with Gasteiger partial charge in [-0.2, -0.15) is 5.10 Å². The fourth-order valence-electron chi connectivity index (χ4n) is 1.71. The summed E-state index contributed by atoms with van der Waals surface area (Å²) < 4.78 is 0. The van der Waals surface area contributed by atoms with Crippen molar-refractivity contribution in [2.75, 3.05) is 0 Å². The summed E-state index contributed by atoms with van der Waals surface area (Å²) in [6.45, 7) is 4.59. The molecule has 0 saturated carbocycles. The van der Waals surface area contributed by atoms with Crippen LogP contribution in [0.1, 0.15) is 52.4 Å². The SMILES string of the molecule is CCCCCC(C)CCC1=NNC(N)S1. The first-order valence-corrected chi connectivity index (χ1v) is 6.84. The van der Waals surface area contributed by atoms with Gasteiger partial charge in [0.15, 0.2) is 0 Å². The molecule has 2 atom stereocenters. The zero-order valence-corrected chi connectivity index (χ0v) is 10.6. The predicted molar refractivity (Wildman–Crippen MR) is 68.7 cm³/mol. The first kappa shape index (κ1) is 12.8. The highest BCUT2D eigenvalue weighted by Gasteiger charge is 2.15. The molecule has 1 aliphatic heterocycles. The molecule has 0 aromatic carbocycles. The number of thioether (sulfide) groups is 1. The zero-order chi connectivity index (χ0) is 11.1. The van der Waals surface area contributed by atoms with Crippen LogP contribution >= 0.6 is 11.8 Å². The maximum atomic E-state index is 5.67. The molecule has 0 fully saturated rings. The third kappa shape index (κ3) is 5.42. The lowest BCUT2D eigenvalue weighted by Gasteiger charge is -2.10. The van der Waals surface area contributed by atoms with Crippen LogP contribution in [-0.4, -0.2) is 10.5 Å². The van der Waals surface area contributed by atoms with Crippen molar-refractivity contribution in [1.82, 2.24) is 5.43 Å². The minimum Gasteiger partial charge on any atom is -0.301 e. The summed E-state index contributed by atoms with van der Waals surface area (Å²) in [5.41, 5.74) is 8.52. The summed E-state index contributed by atoms with van der Waals surface area (Å²) >= 11 is 1.65. The van der Waals surface area contributed by atoms with Gasteiger partial charge < -0.3 is 5.73 Å². The van der Waals surface area contributed by atoms with E-state index in [1.807, 2.05) is 0 Å². The standard InChI is InChI=1S/C11H23N3S/c1-3-4-5-6-9(2)7-8-10-13-14-11(12)15-10/h9,11,14H,3-8,12H2,1-2H3. The molecular formula is C11H23N3S. The number of unbranched alkanes of at least 4 members (excludes halogenated alkanes) is 2. The fraction of sp³-hybridized carbons (Fsp3) is 0.909. The molecule has 0 aromatic heterocycles. The summed E-state index contributed by atoms with van der Waals surface area (Å²) in [4.78, 5) is 0. The van der Waals surface area contributed by atoms with Crippen LogP contribution in [0.15, 0.2) is 5.10 Å². The molecule has 0 amide bonds. The van der Waals surface area contributed by atoms with Gasteiger partial charge in [0.2, 0.25) is 0 Å². The highest BCUT2D eigenvalue weighted by atomic mass is 32.2. The average molecular weight is 229 g/mol. The van der Waals surface area contributed by atoms with Crippen molar-refractivity contribution in [2.45, 2.75) is 57.9 Å². The first-order chi connectivity index (χ1) is 7.22. The van der Waals surface area contributed by atoms with E-state index >= 15 is 0 Å². The number of nitrogens with one attached hydrogen (secondary N) is 1. The predicted octanol–water partition coefficient (Wildman–Crippen LogP) is 2.88. The van der Waals surface area contributed by atoms with Crippen molar-refractivity contribution >= 4 is 16.8 Å². The van der Waals surface area contributed by atoms with Gasteiger partial charge in [0.1, 0.15) is 5.50 Å². The molecule has 3 nitrogen and oxygen atoms in total. The molecule has 1 rings (SSSR count). The average Bonchev–Trinajstić information content (AvgIpc) is 2.62. The second kappa shape index (κ2) is 7.12. The van der Waals surface area contributed by atoms with Gasteiger partial charge in [-0.1, -0.05) is 51.3 Å². The molecular weight excluding hydrogens is 206 g/mol. The summed E-state index contributed by atoms with van der Waals surface area (Å²) in [5, 5.41) is 5.36. The van der Waals surface area contributed by atoms with Crippen LogP contribution in [0.25, 0.3) is 0 Å². The Balaban J connectivity index is 2.04. The van der Waals surface area contributed by atoms with Gasteiger partial charge in [0, 0.05) is 0 Å². The van der Waals surface area contributed by atoms with Crippen LogP contribution in [0.3, 0.4) is 0 Å². The second-order valence-corrected chi connectivity index (χ2v) is 5.53. The number of nitrogens with two attached hydrogens (primary N) is 1. The van der Waals surface area contributed by atoms with Crippen molar-refractivity contribution in [3.8, 4) is 0 Å². The van der Waals surface area contributed by atoms with E-state index in [1.165, 1.54) is 37.1 Å². The molecule has 1 heterocycles. The van der Waals surface area contributed by atoms with Crippen molar-refractivity contribution < 1.29 is 0 Å². The minimum atomic E-state index is -0.0182. The van der Waals surface area contributed by atoms with Gasteiger partial charge in [-0.15, -0.1) is 0 Å². The van der Waals surface area contributed by atoms with Crippen molar-refractivity contribution in [3.05, 3.63) is 0 Å². The van der Waals surface area contributed by atoms with E-state index < -0.39 is 0 Å². The molecule has 0 spiro atoms. The molecule has 1 aliphatic rings. The van der Waals surface area contributed by atoms with E-state index in [0.29, 0.717) is 0 Å². The third-order valence-corrected chi connectivity index (χ3v) is 3.66. The third-order valence-electron chi connectivity index (χ3n) is 2.73. The number of nitrogens with zero attached hydrogens (tertiary/aromatic N) is 1. The quantitative estimate of drug-likeness (QED) is 0.660. The lowest BCUT2D eigenvalue weighted by Crippen LogP contribution is -2.25. The van der Waals surface area contributed by atoms with Gasteiger partial charge in [-0.3, -0.25) is 5.43 Å². The molecule has 0 aromatic rings. The van der Waals surface area contributed by atoms with E-state index in [-0.39, 0.29) is 5.50 Å². The summed E-state index contributed by atoms with van der Waals surface area (Å²) in [6.07, 6.45) is 7.73. The molecule has 0 aliphatic carbocycles. The van der Waals surface area contributed by atoms with Crippen LogP contribution < -0.4 is 11.2 Å². The minimum absolute atomic E-state index is 0.0182.